The fourth-order valence-electron chi connectivity index (χ4n) is 2.71. The van der Waals surface area contributed by atoms with E-state index in [1.807, 2.05) is 0 Å². The van der Waals surface area contributed by atoms with Gasteiger partial charge in [-0.25, -0.2) is 9.18 Å². The van der Waals surface area contributed by atoms with E-state index in [9.17, 15) is 9.18 Å². The third-order valence-corrected chi connectivity index (χ3v) is 3.97. The number of hydrogen-bond donors (Lipinski definition) is 1. The third-order valence-electron chi connectivity index (χ3n) is 3.97. The number of rotatable bonds is 3. The van der Waals surface area contributed by atoms with Crippen molar-refractivity contribution in [3.8, 4) is 0 Å². The molecule has 1 aromatic carbocycles. The lowest BCUT2D eigenvalue weighted by molar-refractivity contribution is 0.0601. The molecule has 1 unspecified atom stereocenters. The Kier molecular flexibility index (Phi) is 3.78. The molecule has 1 aromatic rings. The molecule has 0 spiro atoms. The van der Waals surface area contributed by atoms with Crippen LogP contribution in [0.3, 0.4) is 0 Å². The van der Waals surface area contributed by atoms with Crippen molar-refractivity contribution in [1.82, 2.24) is 0 Å². The predicted octanol–water partition coefficient (Wildman–Crippen LogP) is 3.60. The summed E-state index contributed by atoms with van der Waals surface area (Å²) in [5, 5.41) is 3.31. The minimum Gasteiger partial charge on any atom is -0.465 e. The van der Waals surface area contributed by atoms with Crippen molar-refractivity contribution in [2.45, 2.75) is 39.2 Å². The first-order valence-corrected chi connectivity index (χ1v) is 6.58. The van der Waals surface area contributed by atoms with Crippen LogP contribution in [0.15, 0.2) is 18.2 Å². The smallest absolute Gasteiger partial charge is 0.339 e. The van der Waals surface area contributed by atoms with Gasteiger partial charge in [0.1, 0.15) is 5.82 Å². The molecule has 0 aromatic heterocycles. The molecule has 0 bridgehead atoms. The molecule has 0 saturated heterocycles. The van der Waals surface area contributed by atoms with E-state index in [1.165, 1.54) is 25.3 Å². The lowest BCUT2D eigenvalue weighted by Gasteiger charge is -2.29. The zero-order valence-corrected chi connectivity index (χ0v) is 11.6. The highest BCUT2D eigenvalue weighted by Crippen LogP contribution is 2.39. The summed E-state index contributed by atoms with van der Waals surface area (Å²) in [4.78, 5) is 11.7. The van der Waals surface area contributed by atoms with Gasteiger partial charge in [0.15, 0.2) is 0 Å². The van der Waals surface area contributed by atoms with Crippen LogP contribution in [0, 0.1) is 11.2 Å². The lowest BCUT2D eigenvalue weighted by Crippen LogP contribution is -2.31. The summed E-state index contributed by atoms with van der Waals surface area (Å²) in [6, 6.07) is 4.35. The number of ether oxygens (including phenoxy) is 1. The number of carbonyl (C=O) groups excluding carboxylic acids is 1. The van der Waals surface area contributed by atoms with Gasteiger partial charge in [-0.3, -0.25) is 0 Å². The number of hydrogen-bond acceptors (Lipinski definition) is 3. The number of nitrogens with one attached hydrogen (secondary N) is 1. The molecule has 1 aliphatic carbocycles. The molecule has 1 atom stereocenters. The molecular weight excluding hydrogens is 245 g/mol. The van der Waals surface area contributed by atoms with E-state index in [4.69, 9.17) is 4.74 Å². The molecule has 0 radical (unpaired) electrons. The zero-order chi connectivity index (χ0) is 14.0. The van der Waals surface area contributed by atoms with E-state index in [2.05, 4.69) is 19.2 Å². The van der Waals surface area contributed by atoms with Crippen LogP contribution in [0.1, 0.15) is 43.5 Å². The van der Waals surface area contributed by atoms with Gasteiger partial charge in [-0.15, -0.1) is 0 Å². The van der Waals surface area contributed by atoms with Gasteiger partial charge < -0.3 is 10.1 Å². The van der Waals surface area contributed by atoms with Gasteiger partial charge in [0.05, 0.1) is 18.4 Å². The predicted molar refractivity (Wildman–Crippen MR) is 72.8 cm³/mol. The number of methoxy groups -OCH3 is 1. The molecule has 0 heterocycles. The van der Waals surface area contributed by atoms with Crippen LogP contribution >= 0.6 is 0 Å². The van der Waals surface area contributed by atoms with Crippen LogP contribution < -0.4 is 5.32 Å². The second-order valence-corrected chi connectivity index (χ2v) is 5.76. The second-order valence-electron chi connectivity index (χ2n) is 5.76. The Morgan fingerprint density at radius 1 is 1.47 bits per heavy atom. The van der Waals surface area contributed by atoms with Crippen molar-refractivity contribution in [2.75, 3.05) is 12.4 Å². The van der Waals surface area contributed by atoms with Crippen LogP contribution in [0.4, 0.5) is 10.1 Å². The summed E-state index contributed by atoms with van der Waals surface area (Å²) in [6.45, 7) is 4.38. The summed E-state index contributed by atoms with van der Waals surface area (Å²) >= 11 is 0. The Balaban J connectivity index is 2.28. The Morgan fingerprint density at radius 3 is 2.79 bits per heavy atom. The monoisotopic (exact) mass is 265 g/mol. The number of benzene rings is 1. The van der Waals surface area contributed by atoms with Crippen molar-refractivity contribution < 1.29 is 13.9 Å². The standard InChI is InChI=1S/C15H20FNO2/c1-15(2)8-4-5-13(15)17-12-9-10(16)6-7-11(12)14(18)19-3/h6-7,9,13,17H,4-5,8H2,1-3H3. The summed E-state index contributed by atoms with van der Waals surface area (Å²) in [7, 11) is 1.33. The van der Waals surface area contributed by atoms with Gasteiger partial charge in [-0.2, -0.15) is 0 Å². The van der Waals surface area contributed by atoms with Gasteiger partial charge in [0.25, 0.3) is 0 Å². The van der Waals surface area contributed by atoms with Crippen molar-refractivity contribution in [2.24, 2.45) is 5.41 Å². The minimum atomic E-state index is -0.446. The summed E-state index contributed by atoms with van der Waals surface area (Å²) in [6.07, 6.45) is 3.31. The van der Waals surface area contributed by atoms with Crippen molar-refractivity contribution in [3.05, 3.63) is 29.6 Å². The third kappa shape index (κ3) is 2.88. The summed E-state index contributed by atoms with van der Waals surface area (Å²) in [5.74, 6) is -0.802. The quantitative estimate of drug-likeness (QED) is 0.849. The van der Waals surface area contributed by atoms with Gasteiger partial charge in [0.2, 0.25) is 0 Å². The van der Waals surface area contributed by atoms with Gasteiger partial charge >= 0.3 is 5.97 Å². The van der Waals surface area contributed by atoms with E-state index < -0.39 is 5.97 Å². The zero-order valence-electron chi connectivity index (χ0n) is 11.6. The Morgan fingerprint density at radius 2 is 2.21 bits per heavy atom. The van der Waals surface area contributed by atoms with Gasteiger partial charge in [-0.1, -0.05) is 20.3 Å². The molecule has 1 aliphatic rings. The van der Waals surface area contributed by atoms with Crippen molar-refractivity contribution >= 4 is 11.7 Å². The number of anilines is 1. The van der Waals surface area contributed by atoms with E-state index in [-0.39, 0.29) is 17.3 Å². The molecular formula is C15H20FNO2. The summed E-state index contributed by atoms with van der Waals surface area (Å²) in [5.41, 5.74) is 1.05. The topological polar surface area (TPSA) is 38.3 Å². The van der Waals surface area contributed by atoms with Crippen molar-refractivity contribution in [1.29, 1.82) is 0 Å². The molecule has 0 amide bonds. The Hall–Kier alpha value is -1.58. The van der Waals surface area contributed by atoms with Crippen molar-refractivity contribution in [3.63, 3.8) is 0 Å². The highest BCUT2D eigenvalue weighted by Gasteiger charge is 2.34. The fraction of sp³-hybridized carbons (Fsp3) is 0.533. The fourth-order valence-corrected chi connectivity index (χ4v) is 2.71. The van der Waals surface area contributed by atoms with E-state index in [0.717, 1.165) is 19.3 Å². The number of esters is 1. The first kappa shape index (κ1) is 13.8. The molecule has 1 N–H and O–H groups in total. The van der Waals surface area contributed by atoms with Crippen LogP contribution in [0.2, 0.25) is 0 Å². The Labute approximate surface area is 113 Å². The molecule has 1 saturated carbocycles. The maximum absolute atomic E-state index is 13.4. The second kappa shape index (κ2) is 5.19. The summed E-state index contributed by atoms with van der Waals surface area (Å²) < 4.78 is 18.1. The number of halogens is 1. The van der Waals surface area contributed by atoms with Crippen LogP contribution in [-0.4, -0.2) is 19.1 Å². The highest BCUT2D eigenvalue weighted by molar-refractivity contribution is 5.95. The molecule has 104 valence electrons. The van der Waals surface area contributed by atoms with Crippen LogP contribution in [0.5, 0.6) is 0 Å². The van der Waals surface area contributed by atoms with E-state index >= 15 is 0 Å². The van der Waals surface area contributed by atoms with E-state index in [1.54, 1.807) is 0 Å². The average Bonchev–Trinajstić information content (AvgIpc) is 2.68. The maximum Gasteiger partial charge on any atom is 0.339 e. The van der Waals surface area contributed by atoms with Crippen LogP contribution in [0.25, 0.3) is 0 Å². The number of carbonyl (C=O) groups is 1. The largest absolute Gasteiger partial charge is 0.465 e. The van der Waals surface area contributed by atoms with E-state index in [0.29, 0.717) is 11.3 Å². The molecule has 19 heavy (non-hydrogen) atoms. The molecule has 4 heteroatoms. The van der Waals surface area contributed by atoms with Gasteiger partial charge in [0, 0.05) is 6.04 Å². The average molecular weight is 265 g/mol. The molecule has 1 fully saturated rings. The molecule has 2 rings (SSSR count). The molecule has 0 aliphatic heterocycles. The molecule has 3 nitrogen and oxygen atoms in total. The first-order chi connectivity index (χ1) is 8.94. The van der Waals surface area contributed by atoms with Crippen LogP contribution in [-0.2, 0) is 4.74 Å². The first-order valence-electron chi connectivity index (χ1n) is 6.58. The lowest BCUT2D eigenvalue weighted by atomic mass is 9.87. The van der Waals surface area contributed by atoms with Gasteiger partial charge in [-0.05, 0) is 36.5 Å². The highest BCUT2D eigenvalue weighted by atomic mass is 19.1. The minimum absolute atomic E-state index is 0.152. The normalized spacial score (nSPS) is 21.2. The maximum atomic E-state index is 13.4. The Bertz CT molecular complexity index is 485. The SMILES string of the molecule is COC(=O)c1ccc(F)cc1NC1CCCC1(C)C.